The number of carbonyl (C=O) groups is 2. The van der Waals surface area contributed by atoms with Crippen LogP contribution in [0.4, 0.5) is 0 Å². The van der Waals surface area contributed by atoms with Crippen molar-refractivity contribution in [3.05, 3.63) is 35.4 Å². The third-order valence-corrected chi connectivity index (χ3v) is 3.11. The minimum atomic E-state index is -0.172. The Balaban J connectivity index is 2.18. The van der Waals surface area contributed by atoms with Gasteiger partial charge in [-0.25, -0.2) is 0 Å². The van der Waals surface area contributed by atoms with E-state index in [0.29, 0.717) is 37.2 Å². The molecule has 1 aromatic carbocycles. The average molecular weight is 276 g/mol. The largest absolute Gasteiger partial charge is 0.409 e. The summed E-state index contributed by atoms with van der Waals surface area (Å²) in [6.07, 6.45) is 0.297. The molecule has 20 heavy (non-hydrogen) atoms. The van der Waals surface area contributed by atoms with Gasteiger partial charge in [0.15, 0.2) is 5.84 Å². The van der Waals surface area contributed by atoms with E-state index in [-0.39, 0.29) is 17.6 Å². The molecule has 2 amide bonds. The summed E-state index contributed by atoms with van der Waals surface area (Å²) in [5, 5.41) is 14.3. The fourth-order valence-electron chi connectivity index (χ4n) is 2.02. The van der Waals surface area contributed by atoms with Crippen LogP contribution >= 0.6 is 0 Å². The van der Waals surface area contributed by atoms with Crippen molar-refractivity contribution in [2.75, 3.05) is 19.6 Å². The van der Waals surface area contributed by atoms with Gasteiger partial charge in [-0.15, -0.1) is 0 Å². The molecule has 1 heterocycles. The van der Waals surface area contributed by atoms with Gasteiger partial charge in [-0.05, 0) is 12.1 Å². The number of nitrogens with one attached hydrogen (secondary N) is 1. The lowest BCUT2D eigenvalue weighted by Gasteiger charge is -2.19. The van der Waals surface area contributed by atoms with E-state index in [1.54, 1.807) is 29.2 Å². The number of hydrogen-bond acceptors (Lipinski definition) is 4. The summed E-state index contributed by atoms with van der Waals surface area (Å²) in [5.41, 5.74) is 6.43. The lowest BCUT2D eigenvalue weighted by molar-refractivity contribution is -0.120. The first-order valence-corrected chi connectivity index (χ1v) is 6.26. The fourth-order valence-corrected chi connectivity index (χ4v) is 2.02. The monoisotopic (exact) mass is 276 g/mol. The first-order chi connectivity index (χ1) is 9.61. The summed E-state index contributed by atoms with van der Waals surface area (Å²) in [7, 11) is 0. The van der Waals surface area contributed by atoms with Crippen molar-refractivity contribution in [1.29, 1.82) is 0 Å². The smallest absolute Gasteiger partial charge is 0.253 e. The second kappa shape index (κ2) is 6.05. The van der Waals surface area contributed by atoms with Crippen LogP contribution < -0.4 is 11.1 Å². The molecule has 7 nitrogen and oxygen atoms in total. The van der Waals surface area contributed by atoms with Crippen LogP contribution in [-0.2, 0) is 4.79 Å². The number of nitrogens with zero attached hydrogens (tertiary/aromatic N) is 2. The molecular formula is C13H16N4O3. The minimum absolute atomic E-state index is 0.0487. The summed E-state index contributed by atoms with van der Waals surface area (Å²) < 4.78 is 0. The lowest BCUT2D eigenvalue weighted by Crippen LogP contribution is -2.34. The normalized spacial score (nSPS) is 16.5. The molecule has 1 aliphatic rings. The lowest BCUT2D eigenvalue weighted by atomic mass is 10.1. The maximum Gasteiger partial charge on any atom is 0.253 e. The number of nitrogens with two attached hydrogens (primary N) is 1. The molecule has 0 aromatic heterocycles. The number of hydrogen-bond donors (Lipinski definition) is 3. The SMILES string of the molecule is NC(=NO)c1cccc(C(=O)N2CCNC(=O)CC2)c1. The highest BCUT2D eigenvalue weighted by atomic mass is 16.4. The minimum Gasteiger partial charge on any atom is -0.409 e. The second-order valence-corrected chi connectivity index (χ2v) is 4.46. The third-order valence-electron chi connectivity index (χ3n) is 3.11. The molecule has 2 rings (SSSR count). The Kier molecular flexibility index (Phi) is 4.19. The number of amidine groups is 1. The van der Waals surface area contributed by atoms with Gasteiger partial charge < -0.3 is 21.2 Å². The Morgan fingerprint density at radius 1 is 1.35 bits per heavy atom. The van der Waals surface area contributed by atoms with Crippen LogP contribution in [-0.4, -0.2) is 47.4 Å². The molecule has 0 unspecified atom stereocenters. The van der Waals surface area contributed by atoms with Gasteiger partial charge in [0.1, 0.15) is 0 Å². The maximum atomic E-state index is 12.4. The van der Waals surface area contributed by atoms with Gasteiger partial charge in [0, 0.05) is 37.2 Å². The molecular weight excluding hydrogens is 260 g/mol. The summed E-state index contributed by atoms with van der Waals surface area (Å²) >= 11 is 0. The van der Waals surface area contributed by atoms with E-state index in [1.165, 1.54) is 0 Å². The molecule has 1 fully saturated rings. The van der Waals surface area contributed by atoms with Gasteiger partial charge in [-0.1, -0.05) is 17.3 Å². The van der Waals surface area contributed by atoms with Crippen molar-refractivity contribution in [2.24, 2.45) is 10.9 Å². The van der Waals surface area contributed by atoms with Crippen molar-refractivity contribution in [3.63, 3.8) is 0 Å². The molecule has 0 aliphatic carbocycles. The van der Waals surface area contributed by atoms with Gasteiger partial charge in [-0.2, -0.15) is 0 Å². The van der Waals surface area contributed by atoms with E-state index in [4.69, 9.17) is 10.9 Å². The van der Waals surface area contributed by atoms with Crippen LogP contribution in [0, 0.1) is 0 Å². The molecule has 1 saturated heterocycles. The van der Waals surface area contributed by atoms with Crippen LogP contribution in [0.1, 0.15) is 22.3 Å². The Morgan fingerprint density at radius 3 is 2.85 bits per heavy atom. The quantitative estimate of drug-likeness (QED) is 0.299. The van der Waals surface area contributed by atoms with Crippen molar-refractivity contribution in [3.8, 4) is 0 Å². The van der Waals surface area contributed by atoms with E-state index < -0.39 is 0 Å². The van der Waals surface area contributed by atoms with Gasteiger partial charge in [0.2, 0.25) is 5.91 Å². The van der Waals surface area contributed by atoms with Crippen molar-refractivity contribution in [2.45, 2.75) is 6.42 Å². The van der Waals surface area contributed by atoms with E-state index in [0.717, 1.165) is 0 Å². The Bertz CT molecular complexity index is 556. The van der Waals surface area contributed by atoms with Crippen LogP contribution in [0.5, 0.6) is 0 Å². The second-order valence-electron chi connectivity index (χ2n) is 4.46. The van der Waals surface area contributed by atoms with E-state index in [1.807, 2.05) is 0 Å². The molecule has 0 atom stereocenters. The predicted molar refractivity (Wildman–Crippen MR) is 72.5 cm³/mol. The van der Waals surface area contributed by atoms with Crippen LogP contribution in [0.25, 0.3) is 0 Å². The van der Waals surface area contributed by atoms with Crippen LogP contribution in [0.2, 0.25) is 0 Å². The van der Waals surface area contributed by atoms with Crippen LogP contribution in [0.3, 0.4) is 0 Å². The number of benzene rings is 1. The average Bonchev–Trinajstić information content (AvgIpc) is 2.70. The van der Waals surface area contributed by atoms with E-state index in [9.17, 15) is 9.59 Å². The summed E-state index contributed by atoms with van der Waals surface area (Å²) in [6, 6.07) is 6.55. The highest BCUT2D eigenvalue weighted by Gasteiger charge is 2.20. The zero-order chi connectivity index (χ0) is 14.5. The highest BCUT2D eigenvalue weighted by molar-refractivity contribution is 6.01. The standard InChI is InChI=1S/C13H16N4O3/c14-12(16-20)9-2-1-3-10(8-9)13(19)17-6-4-11(18)15-5-7-17/h1-3,8,20H,4-7H2,(H2,14,16)(H,15,18). The van der Waals surface area contributed by atoms with Gasteiger partial charge in [-0.3, -0.25) is 9.59 Å². The highest BCUT2D eigenvalue weighted by Crippen LogP contribution is 2.10. The summed E-state index contributed by atoms with van der Waals surface area (Å²) in [5.74, 6) is -0.271. The maximum absolute atomic E-state index is 12.4. The topological polar surface area (TPSA) is 108 Å². The van der Waals surface area contributed by atoms with Gasteiger partial charge in [0.05, 0.1) is 0 Å². The van der Waals surface area contributed by atoms with E-state index >= 15 is 0 Å². The molecule has 1 aromatic rings. The van der Waals surface area contributed by atoms with Crippen LogP contribution in [0.15, 0.2) is 29.4 Å². The van der Waals surface area contributed by atoms with Gasteiger partial charge >= 0.3 is 0 Å². The molecule has 4 N–H and O–H groups in total. The number of oxime groups is 1. The number of amides is 2. The van der Waals surface area contributed by atoms with Crippen molar-refractivity contribution >= 4 is 17.6 Å². The Hall–Kier alpha value is -2.57. The molecule has 7 heteroatoms. The van der Waals surface area contributed by atoms with Crippen molar-refractivity contribution in [1.82, 2.24) is 10.2 Å². The van der Waals surface area contributed by atoms with Gasteiger partial charge in [0.25, 0.3) is 5.91 Å². The summed E-state index contributed by atoms with van der Waals surface area (Å²) in [4.78, 5) is 25.2. The van der Waals surface area contributed by atoms with Crippen molar-refractivity contribution < 1.29 is 14.8 Å². The summed E-state index contributed by atoms with van der Waals surface area (Å²) in [6.45, 7) is 1.31. The zero-order valence-corrected chi connectivity index (χ0v) is 10.9. The first kappa shape index (κ1) is 13.9. The fraction of sp³-hybridized carbons (Fsp3) is 0.308. The molecule has 106 valence electrons. The first-order valence-electron chi connectivity index (χ1n) is 6.26. The molecule has 0 saturated carbocycles. The third kappa shape index (κ3) is 3.05. The molecule has 0 radical (unpaired) electrons. The molecule has 0 spiro atoms. The molecule has 0 bridgehead atoms. The molecule has 1 aliphatic heterocycles. The van der Waals surface area contributed by atoms with E-state index in [2.05, 4.69) is 10.5 Å². The zero-order valence-electron chi connectivity index (χ0n) is 10.9. The number of rotatable bonds is 2. The number of carbonyl (C=O) groups excluding carboxylic acids is 2. The predicted octanol–water partition coefficient (Wildman–Crippen LogP) is -0.257. The Labute approximate surface area is 116 Å². The Morgan fingerprint density at radius 2 is 2.10 bits per heavy atom.